The number of aliphatic hydroxyl groups is 1. The first-order valence-electron chi connectivity index (χ1n) is 5.01. The first-order valence-corrected chi connectivity index (χ1v) is 5.01. The zero-order valence-corrected chi connectivity index (χ0v) is 8.33. The summed E-state index contributed by atoms with van der Waals surface area (Å²) >= 11 is 0. The number of rotatable bonds is 1. The fraction of sp³-hybridized carbons (Fsp3) is 1.00. The molecule has 2 nitrogen and oxygen atoms in total. The van der Waals surface area contributed by atoms with Crippen LogP contribution in [0.3, 0.4) is 0 Å². The molecule has 0 aromatic heterocycles. The predicted octanol–water partition coefficient (Wildman–Crippen LogP) is 1.38. The molecule has 0 amide bonds. The molecule has 5 unspecified atom stereocenters. The van der Waals surface area contributed by atoms with E-state index in [0.717, 1.165) is 6.42 Å². The highest BCUT2D eigenvalue weighted by Gasteiger charge is 2.36. The molecule has 0 saturated heterocycles. The average Bonchev–Trinajstić information content (AvgIpc) is 2.08. The van der Waals surface area contributed by atoms with Crippen molar-refractivity contribution in [1.82, 2.24) is 0 Å². The Hall–Kier alpha value is -0.0800. The molecule has 12 heavy (non-hydrogen) atoms. The molecule has 1 rings (SSSR count). The van der Waals surface area contributed by atoms with Gasteiger partial charge >= 0.3 is 0 Å². The van der Waals surface area contributed by atoms with Crippen molar-refractivity contribution in [1.29, 1.82) is 0 Å². The third kappa shape index (κ3) is 1.64. The van der Waals surface area contributed by atoms with Crippen molar-refractivity contribution in [3.8, 4) is 0 Å². The summed E-state index contributed by atoms with van der Waals surface area (Å²) in [6.45, 7) is 6.46. The molecule has 0 spiro atoms. The SMILES string of the molecule is CCC1CC(C)C(O)C(N)C1C. The molecular formula is C10H21NO. The van der Waals surface area contributed by atoms with Crippen LogP contribution >= 0.6 is 0 Å². The van der Waals surface area contributed by atoms with Gasteiger partial charge in [-0.05, 0) is 24.2 Å². The van der Waals surface area contributed by atoms with Gasteiger partial charge in [-0.25, -0.2) is 0 Å². The molecule has 1 aliphatic rings. The van der Waals surface area contributed by atoms with Gasteiger partial charge < -0.3 is 10.8 Å². The van der Waals surface area contributed by atoms with Gasteiger partial charge in [-0.1, -0.05) is 27.2 Å². The van der Waals surface area contributed by atoms with Gasteiger partial charge in [0, 0.05) is 6.04 Å². The fourth-order valence-electron chi connectivity index (χ4n) is 2.37. The van der Waals surface area contributed by atoms with E-state index in [0.29, 0.717) is 17.8 Å². The first-order chi connectivity index (χ1) is 5.57. The van der Waals surface area contributed by atoms with Gasteiger partial charge in [0.25, 0.3) is 0 Å². The van der Waals surface area contributed by atoms with Gasteiger partial charge in [0.1, 0.15) is 0 Å². The average molecular weight is 171 g/mol. The molecule has 0 aromatic rings. The van der Waals surface area contributed by atoms with Crippen molar-refractivity contribution < 1.29 is 5.11 Å². The van der Waals surface area contributed by atoms with Crippen molar-refractivity contribution in [2.45, 2.75) is 45.8 Å². The van der Waals surface area contributed by atoms with Gasteiger partial charge in [0.15, 0.2) is 0 Å². The number of aliphatic hydroxyl groups excluding tert-OH is 1. The normalized spacial score (nSPS) is 49.2. The molecule has 3 N–H and O–H groups in total. The Morgan fingerprint density at radius 1 is 1.42 bits per heavy atom. The van der Waals surface area contributed by atoms with Gasteiger partial charge in [-0.15, -0.1) is 0 Å². The van der Waals surface area contributed by atoms with E-state index >= 15 is 0 Å². The minimum Gasteiger partial charge on any atom is -0.391 e. The van der Waals surface area contributed by atoms with Crippen LogP contribution in [0.25, 0.3) is 0 Å². The molecule has 2 heteroatoms. The predicted molar refractivity (Wildman–Crippen MR) is 50.7 cm³/mol. The lowest BCUT2D eigenvalue weighted by molar-refractivity contribution is 0.00634. The second kappa shape index (κ2) is 3.75. The number of hydrogen-bond acceptors (Lipinski definition) is 2. The molecule has 0 bridgehead atoms. The highest BCUT2D eigenvalue weighted by Crippen LogP contribution is 2.34. The van der Waals surface area contributed by atoms with Crippen LogP contribution in [0, 0.1) is 17.8 Å². The van der Waals surface area contributed by atoms with Crippen molar-refractivity contribution in [3.63, 3.8) is 0 Å². The highest BCUT2D eigenvalue weighted by atomic mass is 16.3. The maximum atomic E-state index is 9.70. The summed E-state index contributed by atoms with van der Waals surface area (Å²) in [4.78, 5) is 0. The zero-order valence-electron chi connectivity index (χ0n) is 8.33. The van der Waals surface area contributed by atoms with Crippen LogP contribution in [0.5, 0.6) is 0 Å². The van der Waals surface area contributed by atoms with Crippen LogP contribution in [0.2, 0.25) is 0 Å². The van der Waals surface area contributed by atoms with E-state index in [1.54, 1.807) is 0 Å². The minimum absolute atomic E-state index is 0.0151. The lowest BCUT2D eigenvalue weighted by atomic mass is 9.70. The van der Waals surface area contributed by atoms with Crippen molar-refractivity contribution >= 4 is 0 Å². The monoisotopic (exact) mass is 171 g/mol. The van der Waals surface area contributed by atoms with E-state index in [9.17, 15) is 5.11 Å². The molecule has 0 aliphatic heterocycles. The summed E-state index contributed by atoms with van der Waals surface area (Å²) in [6.07, 6.45) is 2.03. The van der Waals surface area contributed by atoms with Gasteiger partial charge in [-0.2, -0.15) is 0 Å². The first kappa shape index (κ1) is 10.0. The van der Waals surface area contributed by atoms with Crippen LogP contribution in [0.1, 0.15) is 33.6 Å². The van der Waals surface area contributed by atoms with Crippen molar-refractivity contribution in [2.75, 3.05) is 0 Å². The Morgan fingerprint density at radius 3 is 2.50 bits per heavy atom. The molecule has 1 saturated carbocycles. The van der Waals surface area contributed by atoms with Crippen molar-refractivity contribution in [3.05, 3.63) is 0 Å². The summed E-state index contributed by atoms with van der Waals surface area (Å²) in [5, 5.41) is 9.70. The Bertz CT molecular complexity index is 144. The van der Waals surface area contributed by atoms with E-state index in [1.165, 1.54) is 6.42 Å². The second-order valence-electron chi connectivity index (χ2n) is 4.31. The van der Waals surface area contributed by atoms with Crippen LogP contribution in [0.4, 0.5) is 0 Å². The molecule has 72 valence electrons. The van der Waals surface area contributed by atoms with Crippen LogP contribution in [-0.4, -0.2) is 17.3 Å². The zero-order chi connectivity index (χ0) is 9.30. The Kier molecular flexibility index (Phi) is 3.13. The van der Waals surface area contributed by atoms with E-state index in [4.69, 9.17) is 5.73 Å². The van der Waals surface area contributed by atoms with Gasteiger partial charge in [-0.3, -0.25) is 0 Å². The standard InChI is InChI=1S/C10H21NO/c1-4-8-5-6(2)10(12)9(11)7(8)3/h6-10,12H,4-5,11H2,1-3H3. The summed E-state index contributed by atoms with van der Waals surface area (Å²) in [6, 6.07) is -0.0151. The van der Waals surface area contributed by atoms with Crippen LogP contribution in [-0.2, 0) is 0 Å². The molecule has 1 fully saturated rings. The maximum absolute atomic E-state index is 9.70. The van der Waals surface area contributed by atoms with E-state index < -0.39 is 0 Å². The lowest BCUT2D eigenvalue weighted by Crippen LogP contribution is -2.50. The van der Waals surface area contributed by atoms with Gasteiger partial charge in [0.2, 0.25) is 0 Å². The van der Waals surface area contributed by atoms with Gasteiger partial charge in [0.05, 0.1) is 6.10 Å². The maximum Gasteiger partial charge on any atom is 0.0719 e. The molecule has 0 heterocycles. The number of hydrogen-bond donors (Lipinski definition) is 2. The topological polar surface area (TPSA) is 46.2 Å². The smallest absolute Gasteiger partial charge is 0.0719 e. The van der Waals surface area contributed by atoms with E-state index in [-0.39, 0.29) is 12.1 Å². The Balaban J connectivity index is 2.63. The Morgan fingerprint density at radius 2 is 2.00 bits per heavy atom. The fourth-order valence-corrected chi connectivity index (χ4v) is 2.37. The molecule has 1 aliphatic carbocycles. The minimum atomic E-state index is -0.289. The van der Waals surface area contributed by atoms with Crippen LogP contribution in [0.15, 0.2) is 0 Å². The summed E-state index contributed by atoms with van der Waals surface area (Å²) in [7, 11) is 0. The lowest BCUT2D eigenvalue weighted by Gasteiger charge is -2.40. The third-order valence-electron chi connectivity index (χ3n) is 3.53. The molecule has 5 atom stereocenters. The molecule has 0 radical (unpaired) electrons. The van der Waals surface area contributed by atoms with Crippen LogP contribution < -0.4 is 5.73 Å². The molecular weight excluding hydrogens is 150 g/mol. The Labute approximate surface area is 75.2 Å². The van der Waals surface area contributed by atoms with E-state index in [1.807, 2.05) is 0 Å². The largest absolute Gasteiger partial charge is 0.391 e. The molecule has 0 aromatic carbocycles. The number of nitrogens with two attached hydrogens (primary N) is 1. The third-order valence-corrected chi connectivity index (χ3v) is 3.53. The van der Waals surface area contributed by atoms with Crippen molar-refractivity contribution in [2.24, 2.45) is 23.5 Å². The second-order valence-corrected chi connectivity index (χ2v) is 4.31. The highest BCUT2D eigenvalue weighted by molar-refractivity contribution is 4.90. The van der Waals surface area contributed by atoms with E-state index in [2.05, 4.69) is 20.8 Å². The summed E-state index contributed by atoms with van der Waals surface area (Å²) in [5.74, 6) is 1.56. The summed E-state index contributed by atoms with van der Waals surface area (Å²) < 4.78 is 0. The summed E-state index contributed by atoms with van der Waals surface area (Å²) in [5.41, 5.74) is 5.93. The quantitative estimate of drug-likeness (QED) is 0.626.